The van der Waals surface area contributed by atoms with Crippen molar-refractivity contribution in [2.75, 3.05) is 19.6 Å². The van der Waals surface area contributed by atoms with Crippen molar-refractivity contribution in [3.05, 3.63) is 58.5 Å². The van der Waals surface area contributed by atoms with Gasteiger partial charge in [-0.1, -0.05) is 32.0 Å². The first-order valence-corrected chi connectivity index (χ1v) is 9.20. The van der Waals surface area contributed by atoms with Crippen LogP contribution in [0, 0.1) is 0 Å². The second-order valence-electron chi connectivity index (χ2n) is 5.65. The highest BCUT2D eigenvalue weighted by Crippen LogP contribution is 2.23. The Morgan fingerprint density at radius 1 is 1.25 bits per heavy atom. The third kappa shape index (κ3) is 3.52. The lowest BCUT2D eigenvalue weighted by Gasteiger charge is -2.29. The molecule has 0 radical (unpaired) electrons. The van der Waals surface area contributed by atoms with Gasteiger partial charge in [-0.25, -0.2) is 0 Å². The number of thiophene rings is 1. The van der Waals surface area contributed by atoms with Crippen molar-refractivity contribution in [2.24, 2.45) is 0 Å². The van der Waals surface area contributed by atoms with Crippen molar-refractivity contribution >= 4 is 28.2 Å². The molecule has 2 heterocycles. The van der Waals surface area contributed by atoms with Crippen molar-refractivity contribution in [3.63, 3.8) is 0 Å². The van der Waals surface area contributed by atoms with Crippen LogP contribution in [0.2, 0.25) is 0 Å². The number of carbonyl (C=O) groups is 1. The number of likely N-dealkylation sites (N-methyl/N-ethyl adjacent to an activating group) is 1. The molecule has 0 saturated carbocycles. The minimum atomic E-state index is -0.168. The summed E-state index contributed by atoms with van der Waals surface area (Å²) in [7, 11) is 0. The van der Waals surface area contributed by atoms with Crippen molar-refractivity contribution in [1.82, 2.24) is 10.2 Å². The molecule has 3 rings (SSSR count). The van der Waals surface area contributed by atoms with Crippen LogP contribution in [0.25, 0.3) is 11.0 Å². The van der Waals surface area contributed by atoms with Crippen LogP contribution in [0.3, 0.4) is 0 Å². The maximum atomic E-state index is 12.5. The summed E-state index contributed by atoms with van der Waals surface area (Å²) in [6.07, 6.45) is 0. The molecule has 126 valence electrons. The van der Waals surface area contributed by atoms with E-state index in [0.29, 0.717) is 12.3 Å². The Morgan fingerprint density at radius 2 is 2.04 bits per heavy atom. The second-order valence-corrected chi connectivity index (χ2v) is 6.43. The van der Waals surface area contributed by atoms with E-state index in [1.807, 2.05) is 24.3 Å². The molecule has 0 spiro atoms. The maximum Gasteiger partial charge on any atom is 0.287 e. The summed E-state index contributed by atoms with van der Waals surface area (Å²) in [6, 6.07) is 11.8. The van der Waals surface area contributed by atoms with Crippen molar-refractivity contribution in [3.8, 4) is 0 Å². The Labute approximate surface area is 146 Å². The Hall–Kier alpha value is -2.11. The van der Waals surface area contributed by atoms with Gasteiger partial charge in [-0.05, 0) is 47.6 Å². The van der Waals surface area contributed by atoms with Gasteiger partial charge in [-0.3, -0.25) is 9.69 Å². The zero-order valence-corrected chi connectivity index (χ0v) is 14.8. The van der Waals surface area contributed by atoms with E-state index >= 15 is 0 Å². The van der Waals surface area contributed by atoms with Gasteiger partial charge in [0.1, 0.15) is 5.58 Å². The van der Waals surface area contributed by atoms with Crippen LogP contribution in [-0.4, -0.2) is 30.4 Å². The number of carbonyl (C=O) groups excluding carboxylic acids is 1. The van der Waals surface area contributed by atoms with Crippen molar-refractivity contribution in [2.45, 2.75) is 19.9 Å². The first kappa shape index (κ1) is 16.7. The molecule has 24 heavy (non-hydrogen) atoms. The average molecular weight is 342 g/mol. The standard InChI is InChI=1S/C19H22N2O2S/c1-3-21(4-2)16(15-9-10-24-13-15)12-20-19(22)18-11-14-7-5-6-8-17(14)23-18/h5-11,13,16H,3-4,12H2,1-2H3,(H,20,22). The van der Waals surface area contributed by atoms with Crippen LogP contribution in [0.15, 0.2) is 51.6 Å². The Balaban J connectivity index is 1.72. The van der Waals surface area contributed by atoms with Crippen molar-refractivity contribution < 1.29 is 9.21 Å². The molecule has 4 nitrogen and oxygen atoms in total. The summed E-state index contributed by atoms with van der Waals surface area (Å²) in [4.78, 5) is 14.8. The lowest BCUT2D eigenvalue weighted by molar-refractivity contribution is 0.0909. The second kappa shape index (κ2) is 7.64. The number of benzene rings is 1. The zero-order valence-electron chi connectivity index (χ0n) is 14.0. The third-order valence-corrected chi connectivity index (χ3v) is 4.99. The van der Waals surface area contributed by atoms with Crippen LogP contribution >= 0.6 is 11.3 Å². The molecule has 1 aromatic carbocycles. The zero-order chi connectivity index (χ0) is 16.9. The van der Waals surface area contributed by atoms with Crippen LogP contribution in [0.5, 0.6) is 0 Å². The summed E-state index contributed by atoms with van der Waals surface area (Å²) in [5.74, 6) is 0.193. The van der Waals surface area contributed by atoms with E-state index < -0.39 is 0 Å². The number of nitrogens with zero attached hydrogens (tertiary/aromatic N) is 1. The van der Waals surface area contributed by atoms with E-state index in [4.69, 9.17) is 4.42 Å². The van der Waals surface area contributed by atoms with E-state index in [1.165, 1.54) is 5.56 Å². The smallest absolute Gasteiger partial charge is 0.287 e. The first-order valence-electron chi connectivity index (χ1n) is 8.25. The topological polar surface area (TPSA) is 45.5 Å². The number of rotatable bonds is 7. The highest BCUT2D eigenvalue weighted by atomic mass is 32.1. The quantitative estimate of drug-likeness (QED) is 0.696. The Morgan fingerprint density at radius 3 is 2.71 bits per heavy atom. The molecule has 1 atom stereocenters. The molecule has 0 fully saturated rings. The molecular weight excluding hydrogens is 320 g/mol. The van der Waals surface area contributed by atoms with Gasteiger partial charge < -0.3 is 9.73 Å². The van der Waals surface area contributed by atoms with Gasteiger partial charge in [0.2, 0.25) is 0 Å². The molecule has 0 bridgehead atoms. The van der Waals surface area contributed by atoms with Crippen LogP contribution < -0.4 is 5.32 Å². The highest BCUT2D eigenvalue weighted by Gasteiger charge is 2.20. The first-order chi connectivity index (χ1) is 11.7. The monoisotopic (exact) mass is 342 g/mol. The van der Waals surface area contributed by atoms with Crippen LogP contribution in [0.4, 0.5) is 0 Å². The largest absolute Gasteiger partial charge is 0.451 e. The summed E-state index contributed by atoms with van der Waals surface area (Å²) in [5, 5.41) is 8.20. The molecule has 0 aliphatic rings. The summed E-state index contributed by atoms with van der Waals surface area (Å²) in [6.45, 7) is 6.73. The summed E-state index contributed by atoms with van der Waals surface area (Å²) in [5.41, 5.74) is 1.98. The molecule has 5 heteroatoms. The van der Waals surface area contributed by atoms with E-state index in [1.54, 1.807) is 17.4 Å². The molecule has 3 aromatic rings. The fourth-order valence-electron chi connectivity index (χ4n) is 2.96. The van der Waals surface area contributed by atoms with E-state index in [0.717, 1.165) is 24.1 Å². The molecule has 2 aromatic heterocycles. The van der Waals surface area contributed by atoms with Crippen LogP contribution in [-0.2, 0) is 0 Å². The number of amides is 1. The highest BCUT2D eigenvalue weighted by molar-refractivity contribution is 7.07. The molecule has 0 aliphatic heterocycles. The number of hydrogen-bond donors (Lipinski definition) is 1. The Bertz CT molecular complexity index is 758. The minimum absolute atomic E-state index is 0.168. The van der Waals surface area contributed by atoms with Gasteiger partial charge in [-0.15, -0.1) is 0 Å². The predicted octanol–water partition coefficient (Wildman–Crippen LogP) is 4.31. The number of nitrogens with one attached hydrogen (secondary N) is 1. The van der Waals surface area contributed by atoms with Gasteiger partial charge in [-0.2, -0.15) is 11.3 Å². The fraction of sp³-hybridized carbons (Fsp3) is 0.316. The molecule has 1 unspecified atom stereocenters. The van der Waals surface area contributed by atoms with Crippen molar-refractivity contribution in [1.29, 1.82) is 0 Å². The molecule has 0 saturated heterocycles. The van der Waals surface area contributed by atoms with Gasteiger partial charge in [0, 0.05) is 11.9 Å². The maximum absolute atomic E-state index is 12.5. The van der Waals surface area contributed by atoms with Gasteiger partial charge in [0.25, 0.3) is 5.91 Å². The fourth-order valence-corrected chi connectivity index (χ4v) is 3.66. The summed E-state index contributed by atoms with van der Waals surface area (Å²) < 4.78 is 5.64. The number of hydrogen-bond acceptors (Lipinski definition) is 4. The van der Waals surface area contributed by atoms with Gasteiger partial charge in [0.05, 0.1) is 6.04 Å². The van der Waals surface area contributed by atoms with Gasteiger partial charge in [0.15, 0.2) is 5.76 Å². The number of para-hydroxylation sites is 1. The Kier molecular flexibility index (Phi) is 5.33. The number of furan rings is 1. The lowest BCUT2D eigenvalue weighted by Crippen LogP contribution is -2.37. The third-order valence-electron chi connectivity index (χ3n) is 4.29. The molecule has 1 N–H and O–H groups in total. The molecule has 0 aliphatic carbocycles. The molecule has 1 amide bonds. The van der Waals surface area contributed by atoms with E-state index in [9.17, 15) is 4.79 Å². The SMILES string of the molecule is CCN(CC)C(CNC(=O)c1cc2ccccc2o1)c1ccsc1. The molecular formula is C19H22N2O2S. The van der Waals surface area contributed by atoms with E-state index in [2.05, 4.69) is 40.9 Å². The lowest BCUT2D eigenvalue weighted by atomic mass is 10.1. The minimum Gasteiger partial charge on any atom is -0.451 e. The summed E-state index contributed by atoms with van der Waals surface area (Å²) >= 11 is 1.68. The van der Waals surface area contributed by atoms with Gasteiger partial charge >= 0.3 is 0 Å². The predicted molar refractivity (Wildman–Crippen MR) is 98.5 cm³/mol. The normalized spacial score (nSPS) is 12.6. The average Bonchev–Trinajstić information content (AvgIpc) is 3.27. The van der Waals surface area contributed by atoms with Crippen LogP contribution in [0.1, 0.15) is 36.0 Å². The van der Waals surface area contributed by atoms with E-state index in [-0.39, 0.29) is 11.9 Å². The number of fused-ring (bicyclic) bond motifs is 1.